The van der Waals surface area contributed by atoms with Crippen molar-refractivity contribution in [2.24, 2.45) is 0 Å². The van der Waals surface area contributed by atoms with Gasteiger partial charge in [0.05, 0.1) is 49.6 Å². The van der Waals surface area contributed by atoms with Gasteiger partial charge in [0.15, 0.2) is 11.5 Å². The number of nitriles is 1. The minimum Gasteiger partial charge on any atom is -0.495 e. The van der Waals surface area contributed by atoms with Crippen LogP contribution in [0.4, 0.5) is 0 Å². The number of rotatable bonds is 7. The fourth-order valence-corrected chi connectivity index (χ4v) is 2.96. The van der Waals surface area contributed by atoms with Gasteiger partial charge >= 0.3 is 0 Å². The summed E-state index contributed by atoms with van der Waals surface area (Å²) in [7, 11) is 4.66. The Morgan fingerprint density at radius 2 is 1.93 bits per heavy atom. The molecular formula is C21H20N4O4. The highest BCUT2D eigenvalue weighted by molar-refractivity contribution is 6.05. The second-order valence-electron chi connectivity index (χ2n) is 5.97. The lowest BCUT2D eigenvalue weighted by atomic mass is 10.1. The van der Waals surface area contributed by atoms with Crippen LogP contribution in [0.2, 0.25) is 0 Å². The van der Waals surface area contributed by atoms with Crippen LogP contribution >= 0.6 is 0 Å². The predicted molar refractivity (Wildman–Crippen MR) is 109 cm³/mol. The Labute approximate surface area is 167 Å². The number of hydrogen-bond donors (Lipinski definition) is 2. The summed E-state index contributed by atoms with van der Waals surface area (Å²) in [6, 6.07) is 10.8. The number of nitrogens with zero attached hydrogens (tertiary/aromatic N) is 2. The van der Waals surface area contributed by atoms with Crippen molar-refractivity contribution in [3.63, 3.8) is 0 Å². The first-order valence-electron chi connectivity index (χ1n) is 8.73. The van der Waals surface area contributed by atoms with E-state index in [0.717, 1.165) is 5.56 Å². The van der Waals surface area contributed by atoms with Crippen LogP contribution < -0.4 is 19.5 Å². The van der Waals surface area contributed by atoms with Gasteiger partial charge in [-0.15, -0.1) is 0 Å². The lowest BCUT2D eigenvalue weighted by Gasteiger charge is -2.09. The Morgan fingerprint density at radius 3 is 2.62 bits per heavy atom. The van der Waals surface area contributed by atoms with E-state index in [9.17, 15) is 4.79 Å². The van der Waals surface area contributed by atoms with Gasteiger partial charge in [-0.2, -0.15) is 10.4 Å². The quantitative estimate of drug-likeness (QED) is 0.598. The monoisotopic (exact) mass is 392 g/mol. The summed E-state index contributed by atoms with van der Waals surface area (Å²) in [5, 5.41) is 19.1. The first-order valence-corrected chi connectivity index (χ1v) is 8.73. The minimum atomic E-state index is -0.388. The first-order chi connectivity index (χ1) is 14.1. The first kappa shape index (κ1) is 19.8. The summed E-state index contributed by atoms with van der Waals surface area (Å²) in [4.78, 5) is 12.4. The number of hydrogen-bond acceptors (Lipinski definition) is 6. The van der Waals surface area contributed by atoms with Crippen molar-refractivity contribution in [3.8, 4) is 23.3 Å². The Morgan fingerprint density at radius 1 is 1.14 bits per heavy atom. The molecule has 0 unspecified atom stereocenters. The molecule has 0 atom stereocenters. The van der Waals surface area contributed by atoms with Crippen molar-refractivity contribution < 1.29 is 19.0 Å². The summed E-state index contributed by atoms with van der Waals surface area (Å²) >= 11 is 0. The van der Waals surface area contributed by atoms with E-state index in [2.05, 4.69) is 15.5 Å². The van der Waals surface area contributed by atoms with Crippen molar-refractivity contribution in [3.05, 3.63) is 47.2 Å². The van der Waals surface area contributed by atoms with E-state index in [0.29, 0.717) is 39.4 Å². The number of carbonyl (C=O) groups excluding carboxylic acids is 1. The average Bonchev–Trinajstić information content (AvgIpc) is 3.18. The number of amides is 1. The lowest BCUT2D eigenvalue weighted by Crippen LogP contribution is -2.24. The molecule has 8 heteroatoms. The highest BCUT2D eigenvalue weighted by Crippen LogP contribution is 2.33. The molecule has 0 spiro atoms. The molecule has 1 aromatic heterocycles. The molecule has 3 rings (SSSR count). The molecule has 0 bridgehead atoms. The third kappa shape index (κ3) is 3.99. The van der Waals surface area contributed by atoms with Crippen LogP contribution in [-0.2, 0) is 0 Å². The zero-order valence-corrected chi connectivity index (χ0v) is 16.3. The smallest absolute Gasteiger partial charge is 0.255 e. The maximum absolute atomic E-state index is 12.4. The number of aromatic amines is 1. The van der Waals surface area contributed by atoms with Gasteiger partial charge in [0.25, 0.3) is 5.91 Å². The van der Waals surface area contributed by atoms with Crippen molar-refractivity contribution in [1.82, 2.24) is 15.5 Å². The van der Waals surface area contributed by atoms with E-state index in [1.807, 2.05) is 36.4 Å². The minimum absolute atomic E-state index is 0.0858. The summed E-state index contributed by atoms with van der Waals surface area (Å²) in [5.41, 5.74) is 2.57. The molecule has 29 heavy (non-hydrogen) atoms. The molecule has 2 aromatic carbocycles. The summed E-state index contributed by atoms with van der Waals surface area (Å²) < 4.78 is 16.1. The average molecular weight is 392 g/mol. The van der Waals surface area contributed by atoms with E-state index in [4.69, 9.17) is 19.5 Å². The Hall–Kier alpha value is -3.99. The summed E-state index contributed by atoms with van der Waals surface area (Å²) in [6.45, 7) is -0.0858. The molecule has 148 valence electrons. The third-order valence-electron chi connectivity index (χ3n) is 4.33. The molecule has 0 aliphatic carbocycles. The van der Waals surface area contributed by atoms with Crippen molar-refractivity contribution in [1.29, 1.82) is 5.26 Å². The molecule has 2 N–H and O–H groups in total. The van der Waals surface area contributed by atoms with Gasteiger partial charge in [-0.1, -0.05) is 12.1 Å². The molecule has 0 saturated heterocycles. The van der Waals surface area contributed by atoms with Gasteiger partial charge in [-0.05, 0) is 35.9 Å². The predicted octanol–water partition coefficient (Wildman–Crippen LogP) is 3.01. The van der Waals surface area contributed by atoms with Gasteiger partial charge in [0.1, 0.15) is 12.3 Å². The van der Waals surface area contributed by atoms with Gasteiger partial charge in [-0.3, -0.25) is 9.89 Å². The normalized spacial score (nSPS) is 10.7. The van der Waals surface area contributed by atoms with Gasteiger partial charge in [0.2, 0.25) is 0 Å². The number of carbonyl (C=O) groups is 1. The molecule has 0 aliphatic rings. The number of aromatic nitrogens is 2. The number of nitrogens with one attached hydrogen (secondary N) is 2. The maximum atomic E-state index is 12.4. The molecule has 1 heterocycles. The van der Waals surface area contributed by atoms with E-state index >= 15 is 0 Å². The van der Waals surface area contributed by atoms with Crippen LogP contribution in [0.1, 0.15) is 21.6 Å². The van der Waals surface area contributed by atoms with Crippen LogP contribution in [0.3, 0.4) is 0 Å². The van der Waals surface area contributed by atoms with E-state index < -0.39 is 0 Å². The van der Waals surface area contributed by atoms with Crippen LogP contribution in [0.5, 0.6) is 17.2 Å². The second kappa shape index (κ2) is 8.80. The molecular weight excluding hydrogens is 372 g/mol. The molecule has 0 saturated carbocycles. The maximum Gasteiger partial charge on any atom is 0.255 e. The van der Waals surface area contributed by atoms with Crippen LogP contribution in [-0.4, -0.2) is 44.0 Å². The van der Waals surface area contributed by atoms with Crippen molar-refractivity contribution >= 4 is 29.0 Å². The lowest BCUT2D eigenvalue weighted by molar-refractivity contribution is 0.0955. The molecule has 0 fully saturated rings. The van der Waals surface area contributed by atoms with Crippen molar-refractivity contribution in [2.45, 2.75) is 0 Å². The Bertz CT molecular complexity index is 1110. The fourth-order valence-electron chi connectivity index (χ4n) is 2.96. The van der Waals surface area contributed by atoms with E-state index in [-0.39, 0.29) is 12.5 Å². The molecule has 1 amide bonds. The Kier molecular flexibility index (Phi) is 6.00. The van der Waals surface area contributed by atoms with E-state index in [1.54, 1.807) is 26.4 Å². The van der Waals surface area contributed by atoms with Gasteiger partial charge in [0, 0.05) is 0 Å². The second-order valence-corrected chi connectivity index (χ2v) is 5.97. The zero-order valence-electron chi connectivity index (χ0n) is 16.3. The highest BCUT2D eigenvalue weighted by atomic mass is 16.5. The van der Waals surface area contributed by atoms with Crippen LogP contribution in [0, 0.1) is 11.3 Å². The van der Waals surface area contributed by atoms with Gasteiger partial charge < -0.3 is 19.5 Å². The van der Waals surface area contributed by atoms with Crippen molar-refractivity contribution in [2.75, 3.05) is 27.9 Å². The summed E-state index contributed by atoms with van der Waals surface area (Å²) in [5.74, 6) is 1.27. The number of ether oxygens (including phenoxy) is 3. The summed E-state index contributed by atoms with van der Waals surface area (Å²) in [6.07, 6.45) is 3.73. The molecule has 0 aliphatic heterocycles. The van der Waals surface area contributed by atoms with E-state index in [1.165, 1.54) is 7.11 Å². The number of benzene rings is 2. The number of H-pyrrole nitrogens is 1. The Balaban J connectivity index is 2.01. The third-order valence-corrected chi connectivity index (χ3v) is 4.33. The molecule has 8 nitrogen and oxygen atoms in total. The van der Waals surface area contributed by atoms with Crippen LogP contribution in [0.25, 0.3) is 23.1 Å². The zero-order chi connectivity index (χ0) is 20.8. The SMILES string of the molecule is COc1ccc(/C=C/c2[nH]nc3ccc(C(=O)NCC#N)c(OC)c23)cc1OC. The number of methoxy groups -OCH3 is 3. The standard InChI is InChI=1S/C21H20N4O4/c1-27-17-9-5-13(12-18(17)28-2)4-7-15-19-16(25-24-15)8-6-14(20(19)29-3)21(26)23-11-10-22/h4-9,12H,11H2,1-3H3,(H,23,26)(H,24,25)/b7-4+. The molecule has 3 aromatic rings. The highest BCUT2D eigenvalue weighted by Gasteiger charge is 2.18. The van der Waals surface area contributed by atoms with Gasteiger partial charge in [-0.25, -0.2) is 0 Å². The number of fused-ring (bicyclic) bond motifs is 1. The van der Waals surface area contributed by atoms with Crippen LogP contribution in [0.15, 0.2) is 30.3 Å². The molecule has 0 radical (unpaired) electrons. The largest absolute Gasteiger partial charge is 0.495 e. The fraction of sp³-hybridized carbons (Fsp3) is 0.190. The topological polar surface area (TPSA) is 109 Å².